The Morgan fingerprint density at radius 2 is 2.06 bits per heavy atom. The first kappa shape index (κ1) is 12.6. The normalized spacial score (nSPS) is 26.9. The van der Waals surface area contributed by atoms with Crippen LogP contribution in [0.15, 0.2) is 29.3 Å². The number of unbranched alkanes of at least 4 members (excludes halogenated alkanes) is 1. The van der Waals surface area contributed by atoms with Crippen molar-refractivity contribution in [3.8, 4) is 0 Å². The number of rotatable bonds is 4. The van der Waals surface area contributed by atoms with Crippen molar-refractivity contribution in [1.82, 2.24) is 0 Å². The SMILES string of the molecule is NC1C=Nc2ccccc2C1(N)CCCCCl. The van der Waals surface area contributed by atoms with Gasteiger partial charge in [0.1, 0.15) is 0 Å². The summed E-state index contributed by atoms with van der Waals surface area (Å²) in [4.78, 5) is 4.34. The number of halogens is 1. The monoisotopic (exact) mass is 251 g/mol. The zero-order valence-corrected chi connectivity index (χ0v) is 10.5. The molecule has 4 N–H and O–H groups in total. The van der Waals surface area contributed by atoms with E-state index in [0.717, 1.165) is 30.5 Å². The molecule has 0 amide bonds. The van der Waals surface area contributed by atoms with Crippen molar-refractivity contribution in [2.75, 3.05) is 5.88 Å². The summed E-state index contributed by atoms with van der Waals surface area (Å²) >= 11 is 5.70. The van der Waals surface area contributed by atoms with E-state index in [0.29, 0.717) is 5.88 Å². The van der Waals surface area contributed by atoms with Gasteiger partial charge in [-0.05, 0) is 24.5 Å². The Balaban J connectivity index is 2.28. The highest BCUT2D eigenvalue weighted by molar-refractivity contribution is 6.17. The molecule has 0 aromatic heterocycles. The molecule has 0 aliphatic carbocycles. The molecule has 4 heteroatoms. The Kier molecular flexibility index (Phi) is 3.82. The fraction of sp³-hybridized carbons (Fsp3) is 0.462. The summed E-state index contributed by atoms with van der Waals surface area (Å²) in [5.41, 5.74) is 14.1. The molecule has 17 heavy (non-hydrogen) atoms. The molecule has 0 saturated heterocycles. The van der Waals surface area contributed by atoms with Gasteiger partial charge in [0, 0.05) is 12.1 Å². The lowest BCUT2D eigenvalue weighted by molar-refractivity contribution is 0.369. The molecule has 1 aromatic carbocycles. The predicted molar refractivity (Wildman–Crippen MR) is 73.0 cm³/mol. The molecule has 0 bridgehead atoms. The largest absolute Gasteiger partial charge is 0.321 e. The van der Waals surface area contributed by atoms with Crippen molar-refractivity contribution in [2.24, 2.45) is 16.5 Å². The summed E-state index contributed by atoms with van der Waals surface area (Å²) in [5, 5.41) is 0. The molecule has 3 nitrogen and oxygen atoms in total. The number of aliphatic imine (C=N–C) groups is 1. The second-order valence-corrected chi connectivity index (χ2v) is 4.89. The van der Waals surface area contributed by atoms with E-state index in [4.69, 9.17) is 23.1 Å². The molecule has 1 heterocycles. The molecule has 0 radical (unpaired) electrons. The Labute approximate surface area is 107 Å². The van der Waals surface area contributed by atoms with Crippen molar-refractivity contribution in [2.45, 2.75) is 30.8 Å². The first-order chi connectivity index (χ1) is 8.18. The fourth-order valence-corrected chi connectivity index (χ4v) is 2.46. The zero-order valence-electron chi connectivity index (χ0n) is 9.77. The van der Waals surface area contributed by atoms with Crippen LogP contribution in [0.3, 0.4) is 0 Å². The molecule has 1 aliphatic rings. The van der Waals surface area contributed by atoms with E-state index >= 15 is 0 Å². The number of hydrogen-bond donors (Lipinski definition) is 2. The van der Waals surface area contributed by atoms with Gasteiger partial charge in [0.05, 0.1) is 17.3 Å². The highest BCUT2D eigenvalue weighted by atomic mass is 35.5. The van der Waals surface area contributed by atoms with Gasteiger partial charge in [-0.3, -0.25) is 4.99 Å². The first-order valence-electron chi connectivity index (χ1n) is 5.92. The minimum absolute atomic E-state index is 0.229. The third-order valence-electron chi connectivity index (χ3n) is 3.35. The maximum atomic E-state index is 6.50. The number of benzene rings is 1. The van der Waals surface area contributed by atoms with Crippen LogP contribution in [-0.4, -0.2) is 18.1 Å². The standard InChI is InChI=1S/C13H18ClN3/c14-8-4-3-7-13(16)10-5-1-2-6-11(10)17-9-12(13)15/h1-2,5-6,9,12H,3-4,7-8,15-16H2. The van der Waals surface area contributed by atoms with E-state index in [2.05, 4.69) is 4.99 Å². The first-order valence-corrected chi connectivity index (χ1v) is 6.46. The summed E-state index contributed by atoms with van der Waals surface area (Å²) in [6.45, 7) is 0. The van der Waals surface area contributed by atoms with Crippen LogP contribution in [0.5, 0.6) is 0 Å². The third-order valence-corrected chi connectivity index (χ3v) is 3.62. The van der Waals surface area contributed by atoms with Crippen LogP contribution in [0.2, 0.25) is 0 Å². The summed E-state index contributed by atoms with van der Waals surface area (Å²) in [5.74, 6) is 0.668. The fourth-order valence-electron chi connectivity index (χ4n) is 2.27. The van der Waals surface area contributed by atoms with Gasteiger partial charge in [-0.25, -0.2) is 0 Å². The lowest BCUT2D eigenvalue weighted by Gasteiger charge is -2.37. The maximum absolute atomic E-state index is 6.50. The molecule has 0 fully saturated rings. The van der Waals surface area contributed by atoms with Gasteiger partial charge in [0.15, 0.2) is 0 Å². The zero-order chi connectivity index (χ0) is 12.3. The van der Waals surface area contributed by atoms with E-state index in [1.54, 1.807) is 6.21 Å². The second-order valence-electron chi connectivity index (χ2n) is 4.51. The van der Waals surface area contributed by atoms with Gasteiger partial charge in [-0.15, -0.1) is 11.6 Å². The van der Waals surface area contributed by atoms with E-state index in [1.807, 2.05) is 24.3 Å². The van der Waals surface area contributed by atoms with Gasteiger partial charge >= 0.3 is 0 Å². The molecule has 0 spiro atoms. The smallest absolute Gasteiger partial charge is 0.0677 e. The van der Waals surface area contributed by atoms with Crippen LogP contribution in [0.1, 0.15) is 24.8 Å². The Morgan fingerprint density at radius 3 is 2.82 bits per heavy atom. The lowest BCUT2D eigenvalue weighted by Crippen LogP contribution is -2.54. The van der Waals surface area contributed by atoms with Gasteiger partial charge in [0.2, 0.25) is 0 Å². The number of nitrogens with two attached hydrogens (primary N) is 2. The van der Waals surface area contributed by atoms with Crippen molar-refractivity contribution >= 4 is 23.5 Å². The highest BCUT2D eigenvalue weighted by Gasteiger charge is 2.37. The summed E-state index contributed by atoms with van der Waals surface area (Å²) in [6, 6.07) is 7.71. The van der Waals surface area contributed by atoms with Gasteiger partial charge in [-0.1, -0.05) is 24.6 Å². The summed E-state index contributed by atoms with van der Waals surface area (Å²) < 4.78 is 0. The summed E-state index contributed by atoms with van der Waals surface area (Å²) in [7, 11) is 0. The van der Waals surface area contributed by atoms with Crippen molar-refractivity contribution in [3.05, 3.63) is 29.8 Å². The van der Waals surface area contributed by atoms with E-state index in [-0.39, 0.29) is 6.04 Å². The van der Waals surface area contributed by atoms with Crippen LogP contribution < -0.4 is 11.5 Å². The summed E-state index contributed by atoms with van der Waals surface area (Å²) in [6.07, 6.45) is 4.54. The Morgan fingerprint density at radius 1 is 1.29 bits per heavy atom. The predicted octanol–water partition coefficient (Wildman–Crippen LogP) is 2.29. The number of para-hydroxylation sites is 1. The van der Waals surface area contributed by atoms with Crippen molar-refractivity contribution in [3.63, 3.8) is 0 Å². The van der Waals surface area contributed by atoms with Gasteiger partial charge in [-0.2, -0.15) is 0 Å². The number of fused-ring (bicyclic) bond motifs is 1. The molecule has 2 unspecified atom stereocenters. The van der Waals surface area contributed by atoms with Crippen LogP contribution >= 0.6 is 11.6 Å². The lowest BCUT2D eigenvalue weighted by atomic mass is 9.78. The number of hydrogen-bond acceptors (Lipinski definition) is 3. The van der Waals surface area contributed by atoms with Gasteiger partial charge < -0.3 is 11.5 Å². The average Bonchev–Trinajstić information content (AvgIpc) is 2.35. The topological polar surface area (TPSA) is 64.4 Å². The molecule has 0 saturated carbocycles. The quantitative estimate of drug-likeness (QED) is 0.637. The second kappa shape index (κ2) is 5.17. The van der Waals surface area contributed by atoms with Crippen LogP contribution in [-0.2, 0) is 5.54 Å². The minimum atomic E-state index is -0.510. The number of nitrogens with zero attached hydrogens (tertiary/aromatic N) is 1. The van der Waals surface area contributed by atoms with Crippen LogP contribution in [0.4, 0.5) is 5.69 Å². The van der Waals surface area contributed by atoms with Crippen LogP contribution in [0, 0.1) is 0 Å². The maximum Gasteiger partial charge on any atom is 0.0677 e. The molecule has 2 rings (SSSR count). The third kappa shape index (κ3) is 2.37. The van der Waals surface area contributed by atoms with E-state index in [1.165, 1.54) is 0 Å². The van der Waals surface area contributed by atoms with Crippen molar-refractivity contribution < 1.29 is 0 Å². The minimum Gasteiger partial charge on any atom is -0.321 e. The van der Waals surface area contributed by atoms with E-state index < -0.39 is 5.54 Å². The molecule has 2 atom stereocenters. The molecule has 1 aromatic rings. The van der Waals surface area contributed by atoms with E-state index in [9.17, 15) is 0 Å². The molecular weight excluding hydrogens is 234 g/mol. The molecule has 1 aliphatic heterocycles. The average molecular weight is 252 g/mol. The van der Waals surface area contributed by atoms with Crippen molar-refractivity contribution in [1.29, 1.82) is 0 Å². The molecular formula is C13H18ClN3. The Hall–Kier alpha value is -0.900. The van der Waals surface area contributed by atoms with Crippen LogP contribution in [0.25, 0.3) is 0 Å². The number of alkyl halides is 1. The highest BCUT2D eigenvalue weighted by Crippen LogP contribution is 2.36. The Bertz CT molecular complexity index is 419. The van der Waals surface area contributed by atoms with Gasteiger partial charge in [0.25, 0.3) is 0 Å². The molecule has 92 valence electrons.